The lowest BCUT2D eigenvalue weighted by Gasteiger charge is -2.11. The van der Waals surface area contributed by atoms with E-state index in [2.05, 4.69) is 19.0 Å². The lowest BCUT2D eigenvalue weighted by Crippen LogP contribution is -2.15. The molecule has 0 unspecified atom stereocenters. The second kappa shape index (κ2) is 7.56. The van der Waals surface area contributed by atoms with Crippen LogP contribution < -0.4 is 20.9 Å². The third-order valence-corrected chi connectivity index (χ3v) is 3.14. The van der Waals surface area contributed by atoms with Gasteiger partial charge < -0.3 is 25.8 Å². The van der Waals surface area contributed by atoms with Gasteiger partial charge in [-0.15, -0.1) is 0 Å². The Balaban J connectivity index is 1.87. The van der Waals surface area contributed by atoms with Crippen molar-refractivity contribution in [2.24, 2.45) is 0 Å². The molecule has 2 aromatic rings. The number of rotatable bonds is 7. The van der Waals surface area contributed by atoms with Gasteiger partial charge in [0.2, 0.25) is 0 Å². The largest absolute Gasteiger partial charge is 0.494 e. The van der Waals surface area contributed by atoms with Crippen molar-refractivity contribution in [2.45, 2.75) is 6.42 Å². The molecule has 0 aromatic heterocycles. The predicted octanol–water partition coefficient (Wildman–Crippen LogP) is 2.97. The molecule has 0 fully saturated rings. The lowest BCUT2D eigenvalue weighted by molar-refractivity contribution is 0.281. The van der Waals surface area contributed by atoms with E-state index in [1.807, 2.05) is 24.3 Å². The second-order valence-corrected chi connectivity index (χ2v) is 5.37. The first-order valence-electron chi connectivity index (χ1n) is 7.25. The van der Waals surface area contributed by atoms with Crippen LogP contribution in [0.1, 0.15) is 6.42 Å². The molecule has 0 aliphatic carbocycles. The third kappa shape index (κ3) is 4.86. The van der Waals surface area contributed by atoms with Gasteiger partial charge in [0.25, 0.3) is 0 Å². The zero-order chi connectivity index (χ0) is 15.9. The molecule has 5 heteroatoms. The van der Waals surface area contributed by atoms with Crippen LogP contribution in [0.5, 0.6) is 17.2 Å². The van der Waals surface area contributed by atoms with E-state index in [4.69, 9.17) is 20.9 Å². The highest BCUT2D eigenvalue weighted by Crippen LogP contribution is 2.27. The van der Waals surface area contributed by atoms with Gasteiger partial charge in [0.1, 0.15) is 17.2 Å². The quantitative estimate of drug-likeness (QED) is 0.607. The van der Waals surface area contributed by atoms with Crippen molar-refractivity contribution in [2.75, 3.05) is 38.7 Å². The zero-order valence-corrected chi connectivity index (χ0v) is 13.1. The minimum absolute atomic E-state index is 0.512. The molecule has 0 aliphatic rings. The molecule has 0 radical (unpaired) electrons. The van der Waals surface area contributed by atoms with Crippen LogP contribution in [-0.2, 0) is 0 Å². The Morgan fingerprint density at radius 2 is 1.50 bits per heavy atom. The van der Waals surface area contributed by atoms with Crippen molar-refractivity contribution in [3.05, 3.63) is 42.5 Å². The number of anilines is 2. The molecule has 2 rings (SSSR count). The van der Waals surface area contributed by atoms with Gasteiger partial charge in [0.05, 0.1) is 18.0 Å². The van der Waals surface area contributed by atoms with E-state index >= 15 is 0 Å². The Morgan fingerprint density at radius 1 is 0.864 bits per heavy atom. The van der Waals surface area contributed by atoms with E-state index in [1.54, 1.807) is 18.2 Å². The average molecular weight is 301 g/mol. The van der Waals surface area contributed by atoms with Gasteiger partial charge in [-0.1, -0.05) is 0 Å². The van der Waals surface area contributed by atoms with Crippen LogP contribution in [0.2, 0.25) is 0 Å². The Hall–Kier alpha value is -2.40. The molecular weight excluding hydrogens is 278 g/mol. The summed E-state index contributed by atoms with van der Waals surface area (Å²) in [5.74, 6) is 2.22. The maximum Gasteiger partial charge on any atom is 0.129 e. The first-order chi connectivity index (χ1) is 10.5. The number of nitrogens with two attached hydrogens (primary N) is 2. The van der Waals surface area contributed by atoms with Crippen molar-refractivity contribution in [1.29, 1.82) is 0 Å². The van der Waals surface area contributed by atoms with Crippen LogP contribution in [0, 0.1) is 0 Å². The van der Waals surface area contributed by atoms with Crippen molar-refractivity contribution in [3.63, 3.8) is 0 Å². The highest BCUT2D eigenvalue weighted by molar-refractivity contribution is 5.65. The minimum atomic E-state index is 0.512. The number of benzene rings is 2. The second-order valence-electron chi connectivity index (χ2n) is 5.37. The van der Waals surface area contributed by atoms with E-state index in [-0.39, 0.29) is 0 Å². The number of hydrogen-bond acceptors (Lipinski definition) is 5. The van der Waals surface area contributed by atoms with Crippen LogP contribution >= 0.6 is 0 Å². The normalized spacial score (nSPS) is 10.7. The van der Waals surface area contributed by atoms with E-state index < -0.39 is 0 Å². The summed E-state index contributed by atoms with van der Waals surface area (Å²) in [5.41, 5.74) is 12.5. The van der Waals surface area contributed by atoms with E-state index in [0.717, 1.165) is 24.5 Å². The molecule has 0 heterocycles. The van der Waals surface area contributed by atoms with Gasteiger partial charge in [0.15, 0.2) is 0 Å². The molecule has 118 valence electrons. The van der Waals surface area contributed by atoms with E-state index in [0.29, 0.717) is 23.7 Å². The van der Waals surface area contributed by atoms with Crippen molar-refractivity contribution in [3.8, 4) is 17.2 Å². The fraction of sp³-hybridized carbons (Fsp3) is 0.294. The first kappa shape index (κ1) is 16.0. The molecule has 0 saturated carbocycles. The maximum absolute atomic E-state index is 5.76. The highest BCUT2D eigenvalue weighted by Gasteiger charge is 2.01. The Kier molecular flexibility index (Phi) is 5.49. The summed E-state index contributed by atoms with van der Waals surface area (Å²) in [4.78, 5) is 2.14. The van der Waals surface area contributed by atoms with Gasteiger partial charge in [0, 0.05) is 12.6 Å². The number of nitrogens with zero attached hydrogens (tertiary/aromatic N) is 1. The number of hydrogen-bond donors (Lipinski definition) is 2. The molecule has 0 atom stereocenters. The molecular formula is C17H23N3O2. The summed E-state index contributed by atoms with van der Waals surface area (Å²) < 4.78 is 11.4. The van der Waals surface area contributed by atoms with Gasteiger partial charge in [-0.05, 0) is 56.9 Å². The van der Waals surface area contributed by atoms with Crippen LogP contribution in [0.4, 0.5) is 11.4 Å². The molecule has 22 heavy (non-hydrogen) atoms. The standard InChI is InChI=1S/C17H23N3O2/c1-20(2)10-3-11-21-13-4-6-14(7-5-13)22-15-8-9-16(18)17(19)12-15/h4-9,12H,3,10-11,18-19H2,1-2H3. The predicted molar refractivity (Wildman–Crippen MR) is 90.4 cm³/mol. The fourth-order valence-electron chi connectivity index (χ4n) is 1.93. The van der Waals surface area contributed by atoms with Crippen molar-refractivity contribution >= 4 is 11.4 Å². The molecule has 0 amide bonds. The monoisotopic (exact) mass is 301 g/mol. The Bertz CT molecular complexity index is 597. The SMILES string of the molecule is CN(C)CCCOc1ccc(Oc2ccc(N)c(N)c2)cc1. The molecule has 2 aromatic carbocycles. The van der Waals surface area contributed by atoms with Crippen LogP contribution in [-0.4, -0.2) is 32.1 Å². The first-order valence-corrected chi connectivity index (χ1v) is 7.25. The molecule has 4 N–H and O–H groups in total. The maximum atomic E-state index is 5.76. The summed E-state index contributed by atoms with van der Waals surface area (Å²) in [6, 6.07) is 12.8. The number of nitrogen functional groups attached to an aromatic ring is 2. The topological polar surface area (TPSA) is 73.7 Å². The van der Waals surface area contributed by atoms with Gasteiger partial charge >= 0.3 is 0 Å². The van der Waals surface area contributed by atoms with Gasteiger partial charge in [-0.25, -0.2) is 0 Å². The van der Waals surface area contributed by atoms with Crippen molar-refractivity contribution in [1.82, 2.24) is 4.90 Å². The molecule has 0 bridgehead atoms. The molecule has 5 nitrogen and oxygen atoms in total. The van der Waals surface area contributed by atoms with Crippen LogP contribution in [0.25, 0.3) is 0 Å². The van der Waals surface area contributed by atoms with Gasteiger partial charge in [-0.2, -0.15) is 0 Å². The highest BCUT2D eigenvalue weighted by atomic mass is 16.5. The van der Waals surface area contributed by atoms with Gasteiger partial charge in [-0.3, -0.25) is 0 Å². The smallest absolute Gasteiger partial charge is 0.129 e. The minimum Gasteiger partial charge on any atom is -0.494 e. The summed E-state index contributed by atoms with van der Waals surface area (Å²) in [5, 5.41) is 0. The van der Waals surface area contributed by atoms with E-state index in [1.165, 1.54) is 0 Å². The Morgan fingerprint density at radius 3 is 2.14 bits per heavy atom. The molecule has 0 aliphatic heterocycles. The lowest BCUT2D eigenvalue weighted by atomic mass is 10.2. The summed E-state index contributed by atoms with van der Waals surface area (Å²) >= 11 is 0. The molecule has 0 spiro atoms. The third-order valence-electron chi connectivity index (χ3n) is 3.14. The number of ether oxygens (including phenoxy) is 2. The zero-order valence-electron chi connectivity index (χ0n) is 13.1. The summed E-state index contributed by atoms with van der Waals surface area (Å²) in [6.45, 7) is 1.71. The summed E-state index contributed by atoms with van der Waals surface area (Å²) in [7, 11) is 4.10. The van der Waals surface area contributed by atoms with E-state index in [9.17, 15) is 0 Å². The van der Waals surface area contributed by atoms with Crippen LogP contribution in [0.3, 0.4) is 0 Å². The molecule has 0 saturated heterocycles. The average Bonchev–Trinajstić information content (AvgIpc) is 2.49. The Labute approximate surface area is 131 Å². The van der Waals surface area contributed by atoms with Crippen molar-refractivity contribution < 1.29 is 9.47 Å². The van der Waals surface area contributed by atoms with Crippen LogP contribution in [0.15, 0.2) is 42.5 Å². The fourth-order valence-corrected chi connectivity index (χ4v) is 1.93. The summed E-state index contributed by atoms with van der Waals surface area (Å²) in [6.07, 6.45) is 0.996.